The number of thiophene rings is 1. The van der Waals surface area contributed by atoms with Crippen LogP contribution in [0.1, 0.15) is 37.1 Å². The quantitative estimate of drug-likeness (QED) is 0.350. The zero-order valence-corrected chi connectivity index (χ0v) is 23.2. The average molecular weight is 537 g/mol. The van der Waals surface area contributed by atoms with Gasteiger partial charge in [-0.25, -0.2) is 0 Å². The zero-order chi connectivity index (χ0) is 26.1. The summed E-state index contributed by atoms with van der Waals surface area (Å²) in [4.78, 5) is 31.6. The highest BCUT2D eigenvalue weighted by molar-refractivity contribution is 7.09. The maximum absolute atomic E-state index is 13.6. The lowest BCUT2D eigenvalue weighted by atomic mass is 9.94. The fraction of sp³-hybridized carbons (Fsp3) is 0.556. The van der Waals surface area contributed by atoms with Gasteiger partial charge < -0.3 is 24.0 Å². The molecule has 0 aliphatic carbocycles. The number of halogens is 1. The van der Waals surface area contributed by atoms with Gasteiger partial charge in [0.25, 0.3) is 0 Å². The van der Waals surface area contributed by atoms with E-state index in [9.17, 15) is 9.59 Å². The van der Waals surface area contributed by atoms with Gasteiger partial charge in [-0.15, -0.1) is 22.9 Å². The number of methoxy groups -OCH3 is 2. The van der Waals surface area contributed by atoms with Crippen molar-refractivity contribution in [1.82, 2.24) is 9.80 Å². The van der Waals surface area contributed by atoms with Crippen molar-refractivity contribution in [2.75, 3.05) is 46.3 Å². The van der Waals surface area contributed by atoms with Gasteiger partial charge in [0.15, 0.2) is 11.5 Å². The third kappa shape index (κ3) is 7.60. The van der Waals surface area contributed by atoms with Gasteiger partial charge in [-0.05, 0) is 62.3 Å². The van der Waals surface area contributed by atoms with Crippen molar-refractivity contribution in [3.63, 3.8) is 0 Å². The van der Waals surface area contributed by atoms with E-state index in [1.54, 1.807) is 30.5 Å². The Hall–Kier alpha value is -2.29. The summed E-state index contributed by atoms with van der Waals surface area (Å²) in [7, 11) is 3.21. The Morgan fingerprint density at radius 3 is 2.56 bits per heavy atom. The molecular formula is C27H37ClN2O5S. The molecule has 2 amide bonds. The van der Waals surface area contributed by atoms with Crippen LogP contribution in [-0.2, 0) is 27.3 Å². The summed E-state index contributed by atoms with van der Waals surface area (Å²) in [5.74, 6) is 1.28. The van der Waals surface area contributed by atoms with Crippen LogP contribution in [-0.4, -0.2) is 74.1 Å². The summed E-state index contributed by atoms with van der Waals surface area (Å²) in [6.07, 6.45) is 2.45. The van der Waals surface area contributed by atoms with E-state index in [4.69, 9.17) is 25.8 Å². The first-order valence-electron chi connectivity index (χ1n) is 12.3. The van der Waals surface area contributed by atoms with Crippen LogP contribution in [0.4, 0.5) is 0 Å². The number of nitrogens with zero attached hydrogens (tertiary/aromatic N) is 2. The van der Waals surface area contributed by atoms with Crippen LogP contribution >= 0.6 is 22.9 Å². The largest absolute Gasteiger partial charge is 0.493 e. The number of ether oxygens (including phenoxy) is 3. The van der Waals surface area contributed by atoms with E-state index in [0.717, 1.165) is 23.3 Å². The lowest BCUT2D eigenvalue weighted by Gasteiger charge is -2.33. The van der Waals surface area contributed by atoms with Crippen molar-refractivity contribution >= 4 is 34.8 Å². The van der Waals surface area contributed by atoms with Crippen LogP contribution in [0, 0.1) is 5.41 Å². The topological polar surface area (TPSA) is 68.3 Å². The molecule has 2 aromatic rings. The maximum Gasteiger partial charge on any atom is 0.242 e. The summed E-state index contributed by atoms with van der Waals surface area (Å²) >= 11 is 7.73. The van der Waals surface area contributed by atoms with Gasteiger partial charge in [-0.1, -0.05) is 12.1 Å². The third-order valence-corrected chi connectivity index (χ3v) is 7.90. The minimum Gasteiger partial charge on any atom is -0.493 e. The Labute approximate surface area is 223 Å². The number of benzene rings is 1. The summed E-state index contributed by atoms with van der Waals surface area (Å²) in [5.41, 5.74) is 0.269. The molecule has 1 unspecified atom stereocenters. The zero-order valence-electron chi connectivity index (χ0n) is 21.6. The smallest absolute Gasteiger partial charge is 0.242 e. The van der Waals surface area contributed by atoms with E-state index >= 15 is 0 Å². The second-order valence-electron chi connectivity index (χ2n) is 9.67. The highest BCUT2D eigenvalue weighted by atomic mass is 35.5. The van der Waals surface area contributed by atoms with Gasteiger partial charge in [-0.3, -0.25) is 9.59 Å². The molecule has 1 fully saturated rings. The number of alkyl halides is 1. The second-order valence-corrected chi connectivity index (χ2v) is 11.0. The lowest BCUT2D eigenvalue weighted by Crippen LogP contribution is -2.50. The molecule has 0 radical (unpaired) electrons. The molecule has 1 aromatic heterocycles. The molecule has 9 heteroatoms. The van der Waals surface area contributed by atoms with Gasteiger partial charge >= 0.3 is 0 Å². The first-order valence-corrected chi connectivity index (χ1v) is 13.7. The maximum atomic E-state index is 13.6. The van der Waals surface area contributed by atoms with Crippen molar-refractivity contribution in [3.8, 4) is 11.5 Å². The van der Waals surface area contributed by atoms with Gasteiger partial charge in [0.2, 0.25) is 11.8 Å². The fourth-order valence-corrected chi connectivity index (χ4v) is 5.02. The van der Waals surface area contributed by atoms with E-state index in [2.05, 4.69) is 0 Å². The van der Waals surface area contributed by atoms with Crippen LogP contribution < -0.4 is 9.47 Å². The Morgan fingerprint density at radius 2 is 1.94 bits per heavy atom. The minimum absolute atomic E-state index is 0.00365. The SMILES string of the molecule is COc1ccc(CCN(Cc2cccs2)C(=O)CN(CC2CCCO2)C(=O)C(C)(C)CCl)cc1OC. The van der Waals surface area contributed by atoms with Crippen molar-refractivity contribution in [1.29, 1.82) is 0 Å². The molecule has 1 aliphatic rings. The molecule has 7 nitrogen and oxygen atoms in total. The molecule has 1 atom stereocenters. The highest BCUT2D eigenvalue weighted by Gasteiger charge is 2.35. The van der Waals surface area contributed by atoms with Crippen molar-refractivity contribution < 1.29 is 23.8 Å². The highest BCUT2D eigenvalue weighted by Crippen LogP contribution is 2.28. The molecular weight excluding hydrogens is 500 g/mol. The number of amides is 2. The predicted molar refractivity (Wildman–Crippen MR) is 143 cm³/mol. The van der Waals surface area contributed by atoms with Gasteiger partial charge in [0.1, 0.15) is 0 Å². The molecule has 0 bridgehead atoms. The monoisotopic (exact) mass is 536 g/mol. The van der Waals surface area contributed by atoms with Crippen molar-refractivity contribution in [2.24, 2.45) is 5.41 Å². The predicted octanol–water partition coefficient (Wildman–Crippen LogP) is 4.61. The first-order chi connectivity index (χ1) is 17.3. The molecule has 198 valence electrons. The van der Waals surface area contributed by atoms with Crippen molar-refractivity contribution in [2.45, 2.75) is 45.8 Å². The van der Waals surface area contributed by atoms with Gasteiger partial charge in [0.05, 0.1) is 38.8 Å². The van der Waals surface area contributed by atoms with E-state index in [-0.39, 0.29) is 30.3 Å². The third-order valence-electron chi connectivity index (χ3n) is 6.37. The number of carbonyl (C=O) groups is 2. The summed E-state index contributed by atoms with van der Waals surface area (Å²) in [6.45, 7) is 5.71. The van der Waals surface area contributed by atoms with E-state index in [1.165, 1.54) is 0 Å². The molecule has 1 aliphatic heterocycles. The van der Waals surface area contributed by atoms with Crippen LogP contribution in [0.15, 0.2) is 35.7 Å². The molecule has 0 N–H and O–H groups in total. The van der Waals surface area contributed by atoms with E-state index < -0.39 is 5.41 Å². The Morgan fingerprint density at radius 1 is 1.17 bits per heavy atom. The second kappa shape index (κ2) is 13.3. The summed E-state index contributed by atoms with van der Waals surface area (Å²) in [5, 5.41) is 2.00. The lowest BCUT2D eigenvalue weighted by molar-refractivity contribution is -0.147. The molecule has 2 heterocycles. The normalized spacial score (nSPS) is 15.5. The summed E-state index contributed by atoms with van der Waals surface area (Å²) < 4.78 is 16.5. The fourth-order valence-electron chi connectivity index (χ4n) is 4.18. The molecule has 36 heavy (non-hydrogen) atoms. The number of carbonyl (C=O) groups excluding carboxylic acids is 2. The molecule has 0 spiro atoms. The van der Waals surface area contributed by atoms with E-state index in [0.29, 0.717) is 44.2 Å². The van der Waals surface area contributed by atoms with Crippen molar-refractivity contribution in [3.05, 3.63) is 46.2 Å². The summed E-state index contributed by atoms with van der Waals surface area (Å²) in [6, 6.07) is 9.78. The molecule has 1 saturated heterocycles. The molecule has 1 aromatic carbocycles. The van der Waals surface area contributed by atoms with Gasteiger partial charge in [0, 0.05) is 30.5 Å². The Kier molecular flexibility index (Phi) is 10.5. The standard InChI is InChI=1S/C27H37ClN2O5S/c1-27(2,19-28)26(32)30(16-21-7-5-13-35-21)18-25(31)29(17-22-8-6-14-36-22)12-11-20-9-10-23(33-3)24(15-20)34-4/h6,8-10,14-15,21H,5,7,11-13,16-19H2,1-4H3. The first kappa shape index (κ1) is 28.3. The van der Waals surface area contributed by atoms with Crippen LogP contribution in [0.2, 0.25) is 0 Å². The van der Waals surface area contributed by atoms with Crippen LogP contribution in [0.5, 0.6) is 11.5 Å². The Bertz CT molecular complexity index is 992. The molecule has 3 rings (SSSR count). The number of rotatable bonds is 13. The average Bonchev–Trinajstić information content (AvgIpc) is 3.59. The van der Waals surface area contributed by atoms with E-state index in [1.807, 2.05) is 54.5 Å². The van der Waals surface area contributed by atoms with Crippen LogP contribution in [0.25, 0.3) is 0 Å². The van der Waals surface area contributed by atoms with Gasteiger partial charge in [-0.2, -0.15) is 0 Å². The number of hydrogen-bond acceptors (Lipinski definition) is 6. The molecule has 0 saturated carbocycles. The minimum atomic E-state index is -0.765. The number of hydrogen-bond donors (Lipinski definition) is 0. The van der Waals surface area contributed by atoms with Crippen LogP contribution in [0.3, 0.4) is 0 Å². The Balaban J connectivity index is 1.76.